The van der Waals surface area contributed by atoms with E-state index < -0.39 is 0 Å². The molecule has 134 valence electrons. The van der Waals surface area contributed by atoms with Gasteiger partial charge in [-0.1, -0.05) is 36.4 Å². The van der Waals surface area contributed by atoms with E-state index in [1.807, 2.05) is 12.1 Å². The van der Waals surface area contributed by atoms with Crippen molar-refractivity contribution in [3.05, 3.63) is 95.6 Å². The number of allylic oxidation sites excluding steroid dienone is 2. The smallest absolute Gasteiger partial charge is 0.132 e. The van der Waals surface area contributed by atoms with Gasteiger partial charge in [0, 0.05) is 11.1 Å². The Morgan fingerprint density at radius 3 is 1.50 bits per heavy atom. The van der Waals surface area contributed by atoms with Gasteiger partial charge in [-0.2, -0.15) is 10.2 Å². The Bertz CT molecular complexity index is 753. The van der Waals surface area contributed by atoms with E-state index in [0.29, 0.717) is 11.1 Å². The lowest BCUT2D eigenvalue weighted by Gasteiger charge is -2.01. The fourth-order valence-electron chi connectivity index (χ4n) is 2.39. The zero-order valence-electron chi connectivity index (χ0n) is 14.7. The molecule has 0 atom stereocenters. The van der Waals surface area contributed by atoms with Crippen molar-refractivity contribution in [1.82, 2.24) is 0 Å². The van der Waals surface area contributed by atoms with Crippen molar-refractivity contribution in [1.29, 1.82) is 0 Å². The van der Waals surface area contributed by atoms with E-state index in [0.717, 1.165) is 36.8 Å². The molecule has 0 fully saturated rings. The zero-order chi connectivity index (χ0) is 18.8. The molecule has 0 heterocycles. The Morgan fingerprint density at radius 2 is 1.15 bits per heavy atom. The van der Waals surface area contributed by atoms with Gasteiger partial charge in [0.2, 0.25) is 0 Å². The predicted octanol–water partition coefficient (Wildman–Crippen LogP) is 5.66. The van der Waals surface area contributed by atoms with E-state index in [1.165, 1.54) is 24.6 Å². The van der Waals surface area contributed by atoms with Crippen LogP contribution < -0.4 is 0 Å². The molecule has 0 bridgehead atoms. The Balaban J connectivity index is 2.01. The fraction of sp³-hybridized carbons (Fsp3) is 0.182. The minimum absolute atomic E-state index is 0.338. The van der Waals surface area contributed by atoms with Crippen LogP contribution in [0.25, 0.3) is 0 Å². The van der Waals surface area contributed by atoms with Gasteiger partial charge in [0.15, 0.2) is 0 Å². The zero-order valence-corrected chi connectivity index (χ0v) is 14.7. The second-order valence-corrected chi connectivity index (χ2v) is 5.86. The Labute approximate surface area is 153 Å². The Morgan fingerprint density at radius 1 is 0.731 bits per heavy atom. The van der Waals surface area contributed by atoms with Crippen LogP contribution >= 0.6 is 0 Å². The second kappa shape index (κ2) is 10.2. The standard InChI is InChI=1S/C22H22F2N2/c1-3-5-7-17-9-11-19(21(23)13-17)15-25-26-16-20-12-10-18(8-6-4-2)14-22(20)24/h3-4,9-16H,1-2,5-8H2. The van der Waals surface area contributed by atoms with Crippen molar-refractivity contribution >= 4 is 12.4 Å². The molecule has 0 aliphatic carbocycles. The highest BCUT2D eigenvalue weighted by molar-refractivity contribution is 5.83. The number of nitrogens with zero attached hydrogens (tertiary/aromatic N) is 2. The first-order valence-corrected chi connectivity index (χ1v) is 8.49. The number of hydrogen-bond donors (Lipinski definition) is 0. The molecule has 0 saturated carbocycles. The topological polar surface area (TPSA) is 24.7 Å². The maximum absolute atomic E-state index is 14.0. The number of halogens is 2. The van der Waals surface area contributed by atoms with E-state index in [2.05, 4.69) is 23.4 Å². The normalized spacial score (nSPS) is 11.3. The van der Waals surface area contributed by atoms with Crippen molar-refractivity contribution in [3.63, 3.8) is 0 Å². The third-order valence-electron chi connectivity index (χ3n) is 3.86. The molecule has 0 radical (unpaired) electrons. The van der Waals surface area contributed by atoms with Gasteiger partial charge in [0.1, 0.15) is 11.6 Å². The lowest BCUT2D eigenvalue weighted by Crippen LogP contribution is -1.93. The summed E-state index contributed by atoms with van der Waals surface area (Å²) in [5.41, 5.74) is 2.48. The molecule has 0 saturated heterocycles. The van der Waals surface area contributed by atoms with Crippen LogP contribution in [0.3, 0.4) is 0 Å². The number of benzene rings is 2. The van der Waals surface area contributed by atoms with Crippen LogP contribution in [0, 0.1) is 11.6 Å². The Kier molecular flexibility index (Phi) is 7.62. The summed E-state index contributed by atoms with van der Waals surface area (Å²) in [5, 5.41) is 7.62. The molecule has 0 N–H and O–H groups in total. The molecular formula is C22H22F2N2. The molecule has 0 aliphatic heterocycles. The molecule has 0 amide bonds. The summed E-state index contributed by atoms with van der Waals surface area (Å²) in [4.78, 5) is 0. The highest BCUT2D eigenvalue weighted by Gasteiger charge is 2.02. The van der Waals surface area contributed by atoms with E-state index >= 15 is 0 Å². The van der Waals surface area contributed by atoms with E-state index in [9.17, 15) is 8.78 Å². The van der Waals surface area contributed by atoms with Gasteiger partial charge in [0.25, 0.3) is 0 Å². The molecule has 4 heteroatoms. The van der Waals surface area contributed by atoms with Crippen molar-refractivity contribution in [2.45, 2.75) is 25.7 Å². The summed E-state index contributed by atoms with van der Waals surface area (Å²) in [6.07, 6.45) is 9.33. The van der Waals surface area contributed by atoms with Gasteiger partial charge in [-0.05, 0) is 48.9 Å². The first-order chi connectivity index (χ1) is 12.6. The fourth-order valence-corrected chi connectivity index (χ4v) is 2.39. The summed E-state index contributed by atoms with van der Waals surface area (Å²) < 4.78 is 28.0. The van der Waals surface area contributed by atoms with Crippen molar-refractivity contribution in [2.75, 3.05) is 0 Å². The molecule has 0 spiro atoms. The SMILES string of the molecule is C=CCCc1ccc(C=NN=Cc2ccc(CCC=C)cc2F)c(F)c1. The molecule has 0 aliphatic rings. The lowest BCUT2D eigenvalue weighted by molar-refractivity contribution is 0.622. The highest BCUT2D eigenvalue weighted by atomic mass is 19.1. The quantitative estimate of drug-likeness (QED) is 0.316. The van der Waals surface area contributed by atoms with Crippen molar-refractivity contribution in [2.24, 2.45) is 10.2 Å². The average Bonchev–Trinajstić information content (AvgIpc) is 2.64. The molecular weight excluding hydrogens is 330 g/mol. The van der Waals surface area contributed by atoms with E-state index in [1.54, 1.807) is 24.3 Å². The first-order valence-electron chi connectivity index (χ1n) is 8.49. The van der Waals surface area contributed by atoms with Crippen LogP contribution in [-0.4, -0.2) is 12.4 Å². The molecule has 0 unspecified atom stereocenters. The number of aryl methyl sites for hydroxylation is 2. The van der Waals surface area contributed by atoms with Crippen molar-refractivity contribution in [3.8, 4) is 0 Å². The third-order valence-corrected chi connectivity index (χ3v) is 3.86. The van der Waals surface area contributed by atoms with Gasteiger partial charge in [-0.3, -0.25) is 0 Å². The maximum Gasteiger partial charge on any atom is 0.132 e. The van der Waals surface area contributed by atoms with Crippen LogP contribution in [0.4, 0.5) is 8.78 Å². The molecule has 2 aromatic rings. The summed E-state index contributed by atoms with van der Waals surface area (Å²) in [6.45, 7) is 7.31. The molecule has 2 aromatic carbocycles. The monoisotopic (exact) mass is 352 g/mol. The average molecular weight is 352 g/mol. The molecule has 26 heavy (non-hydrogen) atoms. The molecule has 0 aromatic heterocycles. The number of rotatable bonds is 9. The second-order valence-electron chi connectivity index (χ2n) is 5.86. The lowest BCUT2D eigenvalue weighted by atomic mass is 10.1. The van der Waals surface area contributed by atoms with Crippen LogP contribution in [0.15, 0.2) is 71.9 Å². The highest BCUT2D eigenvalue weighted by Crippen LogP contribution is 2.12. The molecule has 2 rings (SSSR count). The summed E-state index contributed by atoms with van der Waals surface area (Å²) in [7, 11) is 0. The van der Waals surface area contributed by atoms with Gasteiger partial charge < -0.3 is 0 Å². The largest absolute Gasteiger partial charge is 0.206 e. The third kappa shape index (κ3) is 5.88. The van der Waals surface area contributed by atoms with Crippen LogP contribution in [-0.2, 0) is 12.8 Å². The minimum Gasteiger partial charge on any atom is -0.206 e. The van der Waals surface area contributed by atoms with Crippen LogP contribution in [0.1, 0.15) is 35.1 Å². The molecule has 2 nitrogen and oxygen atoms in total. The van der Waals surface area contributed by atoms with Gasteiger partial charge >= 0.3 is 0 Å². The first kappa shape index (κ1) is 19.4. The Hall–Kier alpha value is -2.88. The van der Waals surface area contributed by atoms with Crippen LogP contribution in [0.5, 0.6) is 0 Å². The van der Waals surface area contributed by atoms with Crippen molar-refractivity contribution < 1.29 is 8.78 Å². The van der Waals surface area contributed by atoms with E-state index in [-0.39, 0.29) is 11.6 Å². The van der Waals surface area contributed by atoms with Gasteiger partial charge in [0.05, 0.1) is 12.4 Å². The van der Waals surface area contributed by atoms with Gasteiger partial charge in [-0.15, -0.1) is 13.2 Å². The van der Waals surface area contributed by atoms with Gasteiger partial charge in [-0.25, -0.2) is 8.78 Å². The summed E-state index contributed by atoms with van der Waals surface area (Å²) >= 11 is 0. The number of hydrogen-bond acceptors (Lipinski definition) is 2. The summed E-state index contributed by atoms with van der Waals surface area (Å²) in [6, 6.07) is 9.97. The predicted molar refractivity (Wildman–Crippen MR) is 105 cm³/mol. The summed E-state index contributed by atoms with van der Waals surface area (Å²) in [5.74, 6) is -0.716. The van der Waals surface area contributed by atoms with Crippen LogP contribution in [0.2, 0.25) is 0 Å². The maximum atomic E-state index is 14.0. The van der Waals surface area contributed by atoms with E-state index in [4.69, 9.17) is 0 Å². The minimum atomic E-state index is -0.358.